The Morgan fingerprint density at radius 1 is 1.17 bits per heavy atom. The third kappa shape index (κ3) is 2.50. The van der Waals surface area contributed by atoms with Crippen molar-refractivity contribution in [2.45, 2.75) is 51.0 Å². The van der Waals surface area contributed by atoms with Crippen LogP contribution in [0.25, 0.3) is 0 Å². The van der Waals surface area contributed by atoms with Crippen molar-refractivity contribution in [2.24, 2.45) is 0 Å². The number of aryl methyl sites for hydroxylation is 1. The summed E-state index contributed by atoms with van der Waals surface area (Å²) in [5, 5.41) is -0.113. The molecular formula is C13H18ClFN2O. The molecule has 1 fully saturated rings. The van der Waals surface area contributed by atoms with Crippen molar-refractivity contribution in [1.82, 2.24) is 9.97 Å². The molecule has 0 N–H and O–H groups in total. The number of hydrogen-bond acceptors (Lipinski definition) is 3. The van der Waals surface area contributed by atoms with Crippen LogP contribution in [0.3, 0.4) is 0 Å². The van der Waals surface area contributed by atoms with E-state index in [-0.39, 0.29) is 10.8 Å². The van der Waals surface area contributed by atoms with Crippen molar-refractivity contribution in [1.29, 1.82) is 0 Å². The predicted octanol–water partition coefficient (Wildman–Crippen LogP) is 3.77. The molecule has 0 unspecified atom stereocenters. The van der Waals surface area contributed by atoms with Gasteiger partial charge < -0.3 is 4.74 Å². The summed E-state index contributed by atoms with van der Waals surface area (Å²) in [6.45, 7) is 1.60. The number of halogens is 2. The number of methoxy groups -OCH3 is 1. The first-order valence-electron chi connectivity index (χ1n) is 6.34. The molecule has 0 amide bonds. The lowest BCUT2D eigenvalue weighted by Gasteiger charge is -2.30. The van der Waals surface area contributed by atoms with Crippen LogP contribution in [0.5, 0.6) is 0 Å². The second kappa shape index (κ2) is 5.49. The van der Waals surface area contributed by atoms with Gasteiger partial charge >= 0.3 is 0 Å². The second-order valence-electron chi connectivity index (χ2n) is 4.85. The fourth-order valence-electron chi connectivity index (χ4n) is 2.55. The molecule has 1 aromatic heterocycles. The van der Waals surface area contributed by atoms with Crippen molar-refractivity contribution >= 4 is 11.6 Å². The lowest BCUT2D eigenvalue weighted by molar-refractivity contribution is -0.0354. The summed E-state index contributed by atoms with van der Waals surface area (Å²) >= 11 is 5.82. The number of aromatic nitrogens is 2. The van der Waals surface area contributed by atoms with Crippen LogP contribution < -0.4 is 0 Å². The molecule has 100 valence electrons. The highest BCUT2D eigenvalue weighted by molar-refractivity contribution is 6.29. The van der Waals surface area contributed by atoms with E-state index in [9.17, 15) is 4.39 Å². The van der Waals surface area contributed by atoms with E-state index in [2.05, 4.69) is 9.97 Å². The van der Waals surface area contributed by atoms with Gasteiger partial charge in [-0.15, -0.1) is 0 Å². The number of hydrogen-bond donors (Lipinski definition) is 0. The lowest BCUT2D eigenvalue weighted by atomic mass is 9.93. The van der Waals surface area contributed by atoms with Gasteiger partial charge in [0.1, 0.15) is 5.60 Å². The predicted molar refractivity (Wildman–Crippen MR) is 68.1 cm³/mol. The van der Waals surface area contributed by atoms with Gasteiger partial charge in [0, 0.05) is 7.11 Å². The first kappa shape index (κ1) is 13.7. The van der Waals surface area contributed by atoms with Crippen molar-refractivity contribution in [3.8, 4) is 0 Å². The molecule has 0 aromatic carbocycles. The van der Waals surface area contributed by atoms with Gasteiger partial charge in [0.15, 0.2) is 16.8 Å². The highest BCUT2D eigenvalue weighted by atomic mass is 35.5. The van der Waals surface area contributed by atoms with Crippen molar-refractivity contribution in [3.05, 3.63) is 22.5 Å². The molecular weight excluding hydrogens is 255 g/mol. The van der Waals surface area contributed by atoms with Gasteiger partial charge in [-0.3, -0.25) is 0 Å². The molecule has 1 aromatic rings. The van der Waals surface area contributed by atoms with E-state index in [1.54, 1.807) is 14.0 Å². The summed E-state index contributed by atoms with van der Waals surface area (Å²) in [6, 6.07) is 0. The third-order valence-electron chi connectivity index (χ3n) is 3.69. The highest BCUT2D eigenvalue weighted by Crippen LogP contribution is 2.37. The van der Waals surface area contributed by atoms with Crippen LogP contribution in [-0.4, -0.2) is 17.1 Å². The molecule has 3 nitrogen and oxygen atoms in total. The molecule has 1 saturated carbocycles. The molecule has 18 heavy (non-hydrogen) atoms. The molecule has 1 heterocycles. The maximum atomic E-state index is 13.5. The zero-order valence-corrected chi connectivity index (χ0v) is 11.6. The minimum atomic E-state index is -0.541. The fraction of sp³-hybridized carbons (Fsp3) is 0.692. The van der Waals surface area contributed by atoms with E-state index >= 15 is 0 Å². The Bertz CT molecular complexity index is 408. The maximum absolute atomic E-state index is 13.5. The number of ether oxygens (including phenoxy) is 1. The zero-order chi connectivity index (χ0) is 13.2. The van der Waals surface area contributed by atoms with Crippen LogP contribution in [0.1, 0.15) is 50.0 Å². The standard InChI is InChI=1S/C13H18ClFN2O/c1-9-10(15)11(14)17-12(16-9)13(18-2)7-5-3-4-6-8-13/h3-8H2,1-2H3. The summed E-state index contributed by atoms with van der Waals surface area (Å²) in [7, 11) is 1.67. The Morgan fingerprint density at radius 3 is 2.28 bits per heavy atom. The van der Waals surface area contributed by atoms with Gasteiger partial charge in [0.05, 0.1) is 5.69 Å². The highest BCUT2D eigenvalue weighted by Gasteiger charge is 2.36. The van der Waals surface area contributed by atoms with Crippen LogP contribution in [0.4, 0.5) is 4.39 Å². The normalized spacial score (nSPS) is 19.6. The molecule has 0 aliphatic heterocycles. The Morgan fingerprint density at radius 2 is 1.78 bits per heavy atom. The largest absolute Gasteiger partial charge is 0.370 e. The number of rotatable bonds is 2. The summed E-state index contributed by atoms with van der Waals surface area (Å²) in [6.07, 6.45) is 6.27. The van der Waals surface area contributed by atoms with E-state index in [0.717, 1.165) is 25.7 Å². The number of nitrogens with zero attached hydrogens (tertiary/aromatic N) is 2. The van der Waals surface area contributed by atoms with Crippen LogP contribution in [0.2, 0.25) is 5.15 Å². The molecule has 0 spiro atoms. The van der Waals surface area contributed by atoms with Crippen molar-refractivity contribution < 1.29 is 9.13 Å². The summed E-state index contributed by atoms with van der Waals surface area (Å²) in [5.74, 6) is -0.0175. The van der Waals surface area contributed by atoms with Gasteiger partial charge in [-0.2, -0.15) is 0 Å². The summed E-state index contributed by atoms with van der Waals surface area (Å²) < 4.78 is 19.2. The quantitative estimate of drug-likeness (QED) is 0.607. The van der Waals surface area contributed by atoms with Crippen molar-refractivity contribution in [3.63, 3.8) is 0 Å². The molecule has 0 bridgehead atoms. The minimum absolute atomic E-state index is 0.113. The first-order valence-corrected chi connectivity index (χ1v) is 6.72. The van der Waals surface area contributed by atoms with E-state index in [0.29, 0.717) is 5.82 Å². The summed E-state index contributed by atoms with van der Waals surface area (Å²) in [4.78, 5) is 8.34. The molecule has 0 saturated heterocycles. The summed E-state index contributed by atoms with van der Waals surface area (Å²) in [5.41, 5.74) is -0.218. The monoisotopic (exact) mass is 272 g/mol. The van der Waals surface area contributed by atoms with Gasteiger partial charge in [-0.05, 0) is 19.8 Å². The lowest BCUT2D eigenvalue weighted by Crippen LogP contribution is -2.31. The van der Waals surface area contributed by atoms with Crippen LogP contribution in [-0.2, 0) is 10.3 Å². The SMILES string of the molecule is COC1(c2nc(C)c(F)c(Cl)n2)CCCCCC1. The Balaban J connectivity index is 2.43. The van der Waals surface area contributed by atoms with Crippen LogP contribution >= 0.6 is 11.6 Å². The van der Waals surface area contributed by atoms with E-state index in [4.69, 9.17) is 16.3 Å². The average molecular weight is 273 g/mol. The van der Waals surface area contributed by atoms with Gasteiger partial charge in [0.25, 0.3) is 0 Å². The van der Waals surface area contributed by atoms with E-state index in [1.165, 1.54) is 12.8 Å². The third-order valence-corrected chi connectivity index (χ3v) is 3.94. The Hall–Kier alpha value is -0.740. The zero-order valence-electron chi connectivity index (χ0n) is 10.8. The molecule has 2 rings (SSSR count). The minimum Gasteiger partial charge on any atom is -0.370 e. The Labute approximate surface area is 112 Å². The van der Waals surface area contributed by atoms with E-state index in [1.807, 2.05) is 0 Å². The first-order chi connectivity index (χ1) is 8.59. The van der Waals surface area contributed by atoms with Crippen LogP contribution in [0, 0.1) is 12.7 Å². The molecule has 1 aliphatic rings. The molecule has 0 atom stereocenters. The molecule has 1 aliphatic carbocycles. The smallest absolute Gasteiger partial charge is 0.181 e. The van der Waals surface area contributed by atoms with Gasteiger partial charge in [-0.25, -0.2) is 14.4 Å². The molecule has 0 radical (unpaired) electrons. The van der Waals surface area contributed by atoms with Gasteiger partial charge in [-0.1, -0.05) is 37.3 Å². The Kier molecular flexibility index (Phi) is 4.17. The molecule has 5 heteroatoms. The maximum Gasteiger partial charge on any atom is 0.181 e. The van der Waals surface area contributed by atoms with Crippen molar-refractivity contribution in [2.75, 3.05) is 7.11 Å². The van der Waals surface area contributed by atoms with Gasteiger partial charge in [0.2, 0.25) is 0 Å². The average Bonchev–Trinajstić information content (AvgIpc) is 2.61. The van der Waals surface area contributed by atoms with E-state index < -0.39 is 11.4 Å². The second-order valence-corrected chi connectivity index (χ2v) is 5.21. The fourth-order valence-corrected chi connectivity index (χ4v) is 2.76. The van der Waals surface area contributed by atoms with Crippen LogP contribution in [0.15, 0.2) is 0 Å². The topological polar surface area (TPSA) is 35.0 Å².